The lowest BCUT2D eigenvalue weighted by Gasteiger charge is -2.15. The van der Waals surface area contributed by atoms with E-state index in [2.05, 4.69) is 58.6 Å². The number of fused-ring (bicyclic) bond motifs is 1. The van der Waals surface area contributed by atoms with Gasteiger partial charge in [0.05, 0.1) is 11.8 Å². The number of hydrogen-bond acceptors (Lipinski definition) is 5. The van der Waals surface area contributed by atoms with Crippen LogP contribution in [0.25, 0.3) is 5.78 Å². The van der Waals surface area contributed by atoms with Crippen LogP contribution in [0.2, 0.25) is 0 Å². The first-order valence-corrected chi connectivity index (χ1v) is 10.5. The molecule has 2 heterocycles. The summed E-state index contributed by atoms with van der Waals surface area (Å²) in [4.78, 5) is 16.8. The number of nitrogens with one attached hydrogen (secondary N) is 1. The van der Waals surface area contributed by atoms with Crippen molar-refractivity contribution < 1.29 is 4.79 Å². The number of carbonyl (C=O) groups is 1. The van der Waals surface area contributed by atoms with Gasteiger partial charge in [-0.15, -0.1) is 10.2 Å². The molecule has 148 valence electrons. The zero-order valence-electron chi connectivity index (χ0n) is 17.1. The van der Waals surface area contributed by atoms with Gasteiger partial charge in [-0.1, -0.05) is 49.9 Å². The SMILES string of the molecule is Cc1cc(C)n2c(SCC(=O)NC(C)c3ccc(CC(C)C)cc3)nnc2n1. The first kappa shape index (κ1) is 20.3. The lowest BCUT2D eigenvalue weighted by molar-refractivity contribution is -0.119. The van der Waals surface area contributed by atoms with E-state index in [9.17, 15) is 4.79 Å². The molecule has 0 aliphatic rings. The van der Waals surface area contributed by atoms with Crippen molar-refractivity contribution in [3.05, 3.63) is 52.8 Å². The van der Waals surface area contributed by atoms with Crippen molar-refractivity contribution in [2.75, 3.05) is 5.75 Å². The molecule has 1 atom stereocenters. The highest BCUT2D eigenvalue weighted by atomic mass is 32.2. The van der Waals surface area contributed by atoms with Crippen LogP contribution in [0.3, 0.4) is 0 Å². The number of benzene rings is 1. The average Bonchev–Trinajstić information content (AvgIpc) is 3.03. The largest absolute Gasteiger partial charge is 0.349 e. The molecule has 28 heavy (non-hydrogen) atoms. The van der Waals surface area contributed by atoms with Crippen LogP contribution < -0.4 is 5.32 Å². The maximum atomic E-state index is 12.4. The number of rotatable bonds is 7. The Morgan fingerprint density at radius 3 is 2.54 bits per heavy atom. The van der Waals surface area contributed by atoms with Crippen LogP contribution in [0.4, 0.5) is 0 Å². The van der Waals surface area contributed by atoms with E-state index in [0.717, 1.165) is 23.4 Å². The van der Waals surface area contributed by atoms with Gasteiger partial charge in [0.15, 0.2) is 5.16 Å². The van der Waals surface area contributed by atoms with Crippen molar-refractivity contribution in [3.63, 3.8) is 0 Å². The highest BCUT2D eigenvalue weighted by molar-refractivity contribution is 7.99. The van der Waals surface area contributed by atoms with Crippen LogP contribution in [-0.4, -0.2) is 31.2 Å². The zero-order chi connectivity index (χ0) is 20.3. The van der Waals surface area contributed by atoms with Crippen molar-refractivity contribution in [2.24, 2.45) is 5.92 Å². The van der Waals surface area contributed by atoms with Crippen LogP contribution >= 0.6 is 11.8 Å². The van der Waals surface area contributed by atoms with Gasteiger partial charge in [-0.25, -0.2) is 4.98 Å². The summed E-state index contributed by atoms with van der Waals surface area (Å²) in [6.45, 7) is 10.3. The number of carbonyl (C=O) groups excluding carboxylic acids is 1. The third-order valence-corrected chi connectivity index (χ3v) is 5.43. The number of amides is 1. The highest BCUT2D eigenvalue weighted by Crippen LogP contribution is 2.20. The van der Waals surface area contributed by atoms with Gasteiger partial charge in [-0.3, -0.25) is 9.20 Å². The summed E-state index contributed by atoms with van der Waals surface area (Å²) in [5.74, 6) is 1.45. The fraction of sp³-hybridized carbons (Fsp3) is 0.429. The maximum Gasteiger partial charge on any atom is 0.256 e. The quantitative estimate of drug-likeness (QED) is 0.612. The van der Waals surface area contributed by atoms with E-state index in [1.807, 2.05) is 31.2 Å². The Balaban J connectivity index is 1.58. The fourth-order valence-electron chi connectivity index (χ4n) is 3.20. The van der Waals surface area contributed by atoms with E-state index in [4.69, 9.17) is 0 Å². The van der Waals surface area contributed by atoms with E-state index < -0.39 is 0 Å². The molecule has 1 unspecified atom stereocenters. The smallest absolute Gasteiger partial charge is 0.256 e. The Morgan fingerprint density at radius 2 is 1.86 bits per heavy atom. The summed E-state index contributed by atoms with van der Waals surface area (Å²) in [6.07, 6.45) is 1.07. The molecule has 1 aromatic carbocycles. The standard InChI is InChI=1S/C21H27N5OS/c1-13(2)10-17-6-8-18(9-7-17)16(5)23-19(27)12-28-21-25-24-20-22-14(3)11-15(4)26(20)21/h6-9,11,13,16H,10,12H2,1-5H3,(H,23,27). The molecule has 3 rings (SSSR count). The molecule has 0 bridgehead atoms. The van der Waals surface area contributed by atoms with Crippen LogP contribution in [0.15, 0.2) is 35.5 Å². The predicted molar refractivity (Wildman–Crippen MR) is 113 cm³/mol. The van der Waals surface area contributed by atoms with E-state index >= 15 is 0 Å². The summed E-state index contributed by atoms with van der Waals surface area (Å²) in [7, 11) is 0. The summed E-state index contributed by atoms with van der Waals surface area (Å²) < 4.78 is 1.88. The molecule has 0 aliphatic carbocycles. The number of thioether (sulfide) groups is 1. The van der Waals surface area contributed by atoms with Crippen molar-refractivity contribution >= 4 is 23.4 Å². The van der Waals surface area contributed by atoms with Gasteiger partial charge in [0, 0.05) is 11.4 Å². The van der Waals surface area contributed by atoms with Gasteiger partial charge >= 0.3 is 0 Å². The minimum atomic E-state index is -0.0394. The lowest BCUT2D eigenvalue weighted by Crippen LogP contribution is -2.28. The van der Waals surface area contributed by atoms with Crippen molar-refractivity contribution in [3.8, 4) is 0 Å². The molecule has 0 saturated heterocycles. The van der Waals surface area contributed by atoms with Crippen LogP contribution in [0, 0.1) is 19.8 Å². The Bertz CT molecular complexity index is 965. The molecule has 7 heteroatoms. The molecular weight excluding hydrogens is 370 g/mol. The second kappa shape index (κ2) is 8.73. The number of aromatic nitrogens is 4. The van der Waals surface area contributed by atoms with Gasteiger partial charge in [-0.05, 0) is 50.3 Å². The summed E-state index contributed by atoms with van der Waals surface area (Å²) in [5, 5.41) is 12.0. The van der Waals surface area contributed by atoms with Crippen LogP contribution in [-0.2, 0) is 11.2 Å². The first-order chi connectivity index (χ1) is 13.3. The van der Waals surface area contributed by atoms with Crippen molar-refractivity contribution in [1.29, 1.82) is 0 Å². The monoisotopic (exact) mass is 397 g/mol. The minimum absolute atomic E-state index is 0.0294. The fourth-order valence-corrected chi connectivity index (χ4v) is 4.00. The van der Waals surface area contributed by atoms with Crippen LogP contribution in [0.1, 0.15) is 49.3 Å². The molecule has 0 radical (unpaired) electrons. The second-order valence-electron chi connectivity index (χ2n) is 7.57. The molecule has 2 aromatic heterocycles. The Morgan fingerprint density at radius 1 is 1.14 bits per heavy atom. The van der Waals surface area contributed by atoms with Crippen LogP contribution in [0.5, 0.6) is 0 Å². The topological polar surface area (TPSA) is 72.2 Å². The molecule has 0 spiro atoms. The van der Waals surface area contributed by atoms with E-state index in [1.54, 1.807) is 0 Å². The Hall–Kier alpha value is -2.41. The van der Waals surface area contributed by atoms with Gasteiger partial charge in [0.25, 0.3) is 5.78 Å². The molecule has 6 nitrogen and oxygen atoms in total. The van der Waals surface area contributed by atoms with E-state index in [-0.39, 0.29) is 17.7 Å². The van der Waals surface area contributed by atoms with E-state index in [1.165, 1.54) is 17.3 Å². The maximum absolute atomic E-state index is 12.4. The second-order valence-corrected chi connectivity index (χ2v) is 8.52. The Labute approximate surface area is 170 Å². The first-order valence-electron chi connectivity index (χ1n) is 9.54. The minimum Gasteiger partial charge on any atom is -0.349 e. The van der Waals surface area contributed by atoms with Crippen molar-refractivity contribution in [1.82, 2.24) is 24.9 Å². The molecule has 0 fully saturated rings. The third-order valence-electron chi connectivity index (χ3n) is 4.50. The normalized spacial score (nSPS) is 12.5. The summed E-state index contributed by atoms with van der Waals surface area (Å²) in [5.41, 5.74) is 4.34. The van der Waals surface area contributed by atoms with Gasteiger partial charge < -0.3 is 5.32 Å². The van der Waals surface area contributed by atoms with Gasteiger partial charge in [0.2, 0.25) is 5.91 Å². The lowest BCUT2D eigenvalue weighted by atomic mass is 10.00. The molecule has 0 aliphatic heterocycles. The number of hydrogen-bond donors (Lipinski definition) is 1. The summed E-state index contributed by atoms with van der Waals surface area (Å²) >= 11 is 1.37. The molecule has 1 N–H and O–H groups in total. The zero-order valence-corrected chi connectivity index (χ0v) is 17.9. The van der Waals surface area contributed by atoms with E-state index in [0.29, 0.717) is 16.9 Å². The molecular formula is C21H27N5OS. The van der Waals surface area contributed by atoms with Gasteiger partial charge in [0.1, 0.15) is 0 Å². The summed E-state index contributed by atoms with van der Waals surface area (Å²) in [6, 6.07) is 10.4. The molecule has 3 aromatic rings. The third kappa shape index (κ3) is 4.90. The van der Waals surface area contributed by atoms with Crippen molar-refractivity contribution in [2.45, 2.75) is 52.2 Å². The molecule has 1 amide bonds. The average molecular weight is 398 g/mol. The molecule has 0 saturated carbocycles. The Kier molecular flexibility index (Phi) is 6.34. The predicted octanol–water partition coefficient (Wildman–Crippen LogP) is 3.91. The van der Waals surface area contributed by atoms with Gasteiger partial charge in [-0.2, -0.15) is 0 Å². The highest BCUT2D eigenvalue weighted by Gasteiger charge is 2.14. The number of aryl methyl sites for hydroxylation is 2. The number of nitrogens with zero attached hydrogens (tertiary/aromatic N) is 4.